The van der Waals surface area contributed by atoms with E-state index < -0.39 is 5.60 Å². The van der Waals surface area contributed by atoms with Crippen molar-refractivity contribution in [3.8, 4) is 0 Å². The number of carbonyl (C=O) groups excluding carboxylic acids is 1. The Kier molecular flexibility index (Phi) is 5.24. The quantitative estimate of drug-likeness (QED) is 0.711. The van der Waals surface area contributed by atoms with E-state index in [1.165, 1.54) is 12.8 Å². The van der Waals surface area contributed by atoms with Gasteiger partial charge in [0, 0.05) is 11.9 Å². The van der Waals surface area contributed by atoms with Gasteiger partial charge in [-0.15, -0.1) is 0 Å². The third kappa shape index (κ3) is 4.85. The summed E-state index contributed by atoms with van der Waals surface area (Å²) in [7, 11) is 0. The highest BCUT2D eigenvalue weighted by atomic mass is 79.9. The van der Waals surface area contributed by atoms with Gasteiger partial charge in [0.1, 0.15) is 5.60 Å². The molecule has 1 saturated carbocycles. The Bertz CT molecular complexity index is 378. The molecule has 5 heteroatoms. The lowest BCUT2D eigenvalue weighted by Gasteiger charge is -2.43. The van der Waals surface area contributed by atoms with Crippen LogP contribution in [0.3, 0.4) is 0 Å². The number of hydrogen-bond donors (Lipinski definition) is 0. The first-order valence-electron chi connectivity index (χ1n) is 7.96. The highest BCUT2D eigenvalue weighted by Crippen LogP contribution is 2.38. The molecule has 0 aromatic carbocycles. The number of amides is 1. The van der Waals surface area contributed by atoms with Gasteiger partial charge < -0.3 is 14.4 Å². The Hall–Kier alpha value is -0.290. The summed E-state index contributed by atoms with van der Waals surface area (Å²) < 4.78 is 11.9. The molecule has 2 aliphatic rings. The maximum Gasteiger partial charge on any atom is 0.410 e. The number of likely N-dealkylation sites (tertiary alicyclic amines) is 1. The number of rotatable bonds is 4. The van der Waals surface area contributed by atoms with E-state index >= 15 is 0 Å². The van der Waals surface area contributed by atoms with Gasteiger partial charge in [-0.25, -0.2) is 4.79 Å². The maximum absolute atomic E-state index is 12.3. The van der Waals surface area contributed by atoms with Gasteiger partial charge in [-0.05, 0) is 59.3 Å². The molecule has 2 atom stereocenters. The smallest absolute Gasteiger partial charge is 0.410 e. The van der Waals surface area contributed by atoms with Crippen molar-refractivity contribution >= 4 is 22.0 Å². The lowest BCUT2D eigenvalue weighted by molar-refractivity contribution is -0.113. The summed E-state index contributed by atoms with van der Waals surface area (Å²) in [5.74, 6) is 0.706. The van der Waals surface area contributed by atoms with Gasteiger partial charge in [0.05, 0.1) is 18.2 Å². The van der Waals surface area contributed by atoms with Crippen LogP contribution in [0, 0.1) is 5.92 Å². The highest BCUT2D eigenvalue weighted by Gasteiger charge is 2.42. The predicted molar refractivity (Wildman–Crippen MR) is 86.8 cm³/mol. The van der Waals surface area contributed by atoms with Crippen LogP contribution in [0.4, 0.5) is 4.79 Å². The molecular formula is C16H28BrNO3. The van der Waals surface area contributed by atoms with Crippen LogP contribution in [0.5, 0.6) is 0 Å². The van der Waals surface area contributed by atoms with Crippen molar-refractivity contribution in [2.45, 2.75) is 70.7 Å². The molecule has 0 aromatic heterocycles. The number of piperidine rings is 1. The molecular weight excluding hydrogens is 334 g/mol. The summed E-state index contributed by atoms with van der Waals surface area (Å²) in [5.41, 5.74) is -0.717. The molecule has 2 fully saturated rings. The first kappa shape index (κ1) is 17.1. The second kappa shape index (κ2) is 6.45. The third-order valence-corrected chi connectivity index (χ3v) is 5.18. The molecule has 1 saturated heterocycles. The van der Waals surface area contributed by atoms with Gasteiger partial charge in [-0.3, -0.25) is 0 Å². The number of carbonyl (C=O) groups is 1. The fraction of sp³-hybridized carbons (Fsp3) is 0.938. The number of halogens is 1. The van der Waals surface area contributed by atoms with Crippen LogP contribution in [0.25, 0.3) is 0 Å². The van der Waals surface area contributed by atoms with Crippen molar-refractivity contribution < 1.29 is 14.3 Å². The minimum atomic E-state index is -0.451. The Morgan fingerprint density at radius 3 is 2.62 bits per heavy atom. The molecule has 0 bridgehead atoms. The molecule has 0 N–H and O–H groups in total. The standard InChI is InChI=1S/C16H28BrNO3/c1-12(13-6-7-13)20-16(10-17)8-5-9-18(11-16)14(19)21-15(2,3)4/h12-13H,5-11H2,1-4H3. The molecule has 122 valence electrons. The fourth-order valence-electron chi connectivity index (χ4n) is 2.87. The van der Waals surface area contributed by atoms with E-state index in [1.54, 1.807) is 4.90 Å². The first-order chi connectivity index (χ1) is 9.75. The van der Waals surface area contributed by atoms with Crippen LogP contribution in [0.1, 0.15) is 53.4 Å². The van der Waals surface area contributed by atoms with Crippen molar-refractivity contribution in [2.24, 2.45) is 5.92 Å². The minimum absolute atomic E-state index is 0.227. The Morgan fingerprint density at radius 2 is 2.10 bits per heavy atom. The van der Waals surface area contributed by atoms with E-state index in [0.717, 1.165) is 24.7 Å². The van der Waals surface area contributed by atoms with E-state index in [9.17, 15) is 4.79 Å². The van der Waals surface area contributed by atoms with Crippen molar-refractivity contribution in [3.63, 3.8) is 0 Å². The topological polar surface area (TPSA) is 38.8 Å². The average Bonchev–Trinajstić information content (AvgIpc) is 3.21. The summed E-state index contributed by atoms with van der Waals surface area (Å²) in [5, 5.41) is 0.760. The lowest BCUT2D eigenvalue weighted by Crippen LogP contribution is -2.55. The lowest BCUT2D eigenvalue weighted by atomic mass is 9.94. The number of hydrogen-bond acceptors (Lipinski definition) is 3. The Labute approximate surface area is 136 Å². The van der Waals surface area contributed by atoms with Crippen LogP contribution >= 0.6 is 15.9 Å². The zero-order chi connectivity index (χ0) is 15.7. The molecule has 21 heavy (non-hydrogen) atoms. The van der Waals surface area contributed by atoms with Crippen molar-refractivity contribution in [1.29, 1.82) is 0 Å². The molecule has 2 unspecified atom stereocenters. The average molecular weight is 362 g/mol. The van der Waals surface area contributed by atoms with Crippen LogP contribution in [-0.4, -0.2) is 46.7 Å². The second-order valence-electron chi connectivity index (χ2n) is 7.48. The molecule has 4 nitrogen and oxygen atoms in total. The predicted octanol–water partition coefficient (Wildman–Crippen LogP) is 3.97. The highest BCUT2D eigenvalue weighted by molar-refractivity contribution is 9.09. The summed E-state index contributed by atoms with van der Waals surface area (Å²) in [4.78, 5) is 14.1. The SMILES string of the molecule is CC(OC1(CBr)CCCN(C(=O)OC(C)(C)C)C1)C1CC1. The van der Waals surface area contributed by atoms with Crippen LogP contribution in [0.2, 0.25) is 0 Å². The summed E-state index contributed by atoms with van der Waals surface area (Å²) in [6.45, 7) is 9.23. The van der Waals surface area contributed by atoms with E-state index in [0.29, 0.717) is 12.5 Å². The summed E-state index contributed by atoms with van der Waals surface area (Å²) in [6, 6.07) is 0. The summed E-state index contributed by atoms with van der Waals surface area (Å²) >= 11 is 3.60. The van der Waals surface area contributed by atoms with E-state index in [-0.39, 0.29) is 17.8 Å². The Balaban J connectivity index is 1.97. The van der Waals surface area contributed by atoms with E-state index in [2.05, 4.69) is 22.9 Å². The van der Waals surface area contributed by atoms with Gasteiger partial charge in [-0.2, -0.15) is 0 Å². The number of ether oxygens (including phenoxy) is 2. The molecule has 2 rings (SSSR count). The van der Waals surface area contributed by atoms with Gasteiger partial charge in [0.2, 0.25) is 0 Å². The van der Waals surface area contributed by atoms with Crippen LogP contribution in [0.15, 0.2) is 0 Å². The van der Waals surface area contributed by atoms with Crippen molar-refractivity contribution in [2.75, 3.05) is 18.4 Å². The van der Waals surface area contributed by atoms with Crippen molar-refractivity contribution in [1.82, 2.24) is 4.90 Å². The van der Waals surface area contributed by atoms with Crippen LogP contribution < -0.4 is 0 Å². The number of nitrogens with zero attached hydrogens (tertiary/aromatic N) is 1. The molecule has 1 heterocycles. The molecule has 0 spiro atoms. The summed E-state index contributed by atoms with van der Waals surface area (Å²) in [6.07, 6.45) is 4.55. The van der Waals surface area contributed by atoms with E-state index in [4.69, 9.17) is 9.47 Å². The fourth-order valence-corrected chi connectivity index (χ4v) is 3.46. The van der Waals surface area contributed by atoms with Gasteiger partial charge >= 0.3 is 6.09 Å². The first-order valence-corrected chi connectivity index (χ1v) is 9.08. The Morgan fingerprint density at radius 1 is 1.43 bits per heavy atom. The molecule has 0 radical (unpaired) electrons. The molecule has 1 amide bonds. The largest absolute Gasteiger partial charge is 0.444 e. The normalized spacial score (nSPS) is 28.3. The van der Waals surface area contributed by atoms with Gasteiger partial charge in [0.25, 0.3) is 0 Å². The van der Waals surface area contributed by atoms with Gasteiger partial charge in [-0.1, -0.05) is 15.9 Å². The van der Waals surface area contributed by atoms with Crippen molar-refractivity contribution in [3.05, 3.63) is 0 Å². The maximum atomic E-state index is 12.3. The zero-order valence-corrected chi connectivity index (χ0v) is 15.2. The molecule has 0 aromatic rings. The molecule has 1 aliphatic heterocycles. The van der Waals surface area contributed by atoms with Crippen LogP contribution in [-0.2, 0) is 9.47 Å². The second-order valence-corrected chi connectivity index (χ2v) is 8.04. The minimum Gasteiger partial charge on any atom is -0.444 e. The molecule has 1 aliphatic carbocycles. The van der Waals surface area contributed by atoms with Gasteiger partial charge in [0.15, 0.2) is 0 Å². The number of alkyl halides is 1. The van der Waals surface area contributed by atoms with E-state index in [1.807, 2.05) is 20.8 Å². The monoisotopic (exact) mass is 361 g/mol. The third-order valence-electron chi connectivity index (χ3n) is 4.16. The zero-order valence-electron chi connectivity index (χ0n) is 13.7.